The first-order chi connectivity index (χ1) is 14.0. The number of aliphatic hydroxyl groups is 1. The summed E-state index contributed by atoms with van der Waals surface area (Å²) in [5.41, 5.74) is 1.28. The van der Waals surface area contributed by atoms with Crippen LogP contribution in [0, 0.1) is 22.1 Å². The molecule has 1 unspecified atom stereocenters. The van der Waals surface area contributed by atoms with Crippen molar-refractivity contribution in [2.75, 3.05) is 18.3 Å². The Morgan fingerprint density at radius 1 is 0.966 bits per heavy atom. The van der Waals surface area contributed by atoms with Gasteiger partial charge in [-0.15, -0.1) is 0 Å². The molecule has 0 aliphatic carbocycles. The van der Waals surface area contributed by atoms with Gasteiger partial charge in [0.1, 0.15) is 30.8 Å². The van der Waals surface area contributed by atoms with Crippen LogP contribution in [0.5, 0.6) is 5.75 Å². The molecule has 3 aromatic carbocycles. The Morgan fingerprint density at radius 2 is 1.72 bits per heavy atom. The zero-order chi connectivity index (χ0) is 20.8. The van der Waals surface area contributed by atoms with Crippen LogP contribution >= 0.6 is 22.6 Å². The van der Waals surface area contributed by atoms with Crippen molar-refractivity contribution in [1.82, 2.24) is 0 Å². The molecule has 0 heterocycles. The first-order valence-electron chi connectivity index (χ1n) is 8.95. The molecule has 4 nitrogen and oxygen atoms in total. The van der Waals surface area contributed by atoms with Crippen LogP contribution in [0.2, 0.25) is 0 Å². The number of hydrogen-bond donors (Lipinski definition) is 1. The van der Waals surface area contributed by atoms with Gasteiger partial charge in [-0.2, -0.15) is 0 Å². The molecule has 0 aliphatic heterocycles. The molecule has 0 amide bonds. The zero-order valence-electron chi connectivity index (χ0n) is 15.7. The molecule has 1 N–H and O–H groups in total. The minimum absolute atomic E-state index is 0.00480. The van der Waals surface area contributed by atoms with Crippen molar-refractivity contribution in [2.24, 2.45) is 0 Å². The van der Waals surface area contributed by atoms with Gasteiger partial charge in [0.2, 0.25) is 0 Å². The minimum atomic E-state index is -1.03. The first kappa shape index (κ1) is 21.5. The fraction of sp³-hybridized carbons (Fsp3) is 0.182. The number of hydrogen-bond acceptors (Lipinski definition) is 4. The zero-order valence-corrected chi connectivity index (χ0v) is 17.8. The second-order valence-corrected chi connectivity index (χ2v) is 7.62. The van der Waals surface area contributed by atoms with Gasteiger partial charge < -0.3 is 9.84 Å². The quantitative estimate of drug-likeness (QED) is 0.326. The van der Waals surface area contributed by atoms with Gasteiger partial charge in [0.05, 0.1) is 5.69 Å². The fourth-order valence-electron chi connectivity index (χ4n) is 2.68. The van der Waals surface area contributed by atoms with E-state index in [-0.39, 0.29) is 18.9 Å². The van der Waals surface area contributed by atoms with Gasteiger partial charge >= 0.3 is 0 Å². The fourth-order valence-corrected chi connectivity index (χ4v) is 3.33. The Labute approximate surface area is 181 Å². The van der Waals surface area contributed by atoms with Gasteiger partial charge in [0.15, 0.2) is 11.6 Å². The molecular weight excluding hydrogens is 491 g/mol. The van der Waals surface area contributed by atoms with E-state index in [0.29, 0.717) is 11.4 Å². The first-order valence-corrected chi connectivity index (χ1v) is 10.0. The maximum atomic E-state index is 14.5. The number of nitrogens with zero attached hydrogens (tertiary/aromatic N) is 1. The average molecular weight is 511 g/mol. The van der Waals surface area contributed by atoms with Gasteiger partial charge in [-0.05, 0) is 77.5 Å². The summed E-state index contributed by atoms with van der Waals surface area (Å²) in [4.78, 5) is 5.72. The number of para-hydroxylation sites is 1. The van der Waals surface area contributed by atoms with Crippen LogP contribution in [0.4, 0.5) is 20.2 Å². The normalized spacial score (nSPS) is 11.9. The van der Waals surface area contributed by atoms with Crippen LogP contribution in [-0.4, -0.2) is 24.4 Å². The van der Waals surface area contributed by atoms with Crippen LogP contribution < -0.4 is 9.80 Å². The monoisotopic (exact) mass is 511 g/mol. The maximum Gasteiger partial charge on any atom is 0.184 e. The van der Waals surface area contributed by atoms with E-state index in [1.54, 1.807) is 18.2 Å². The molecule has 0 saturated carbocycles. The molecule has 0 bridgehead atoms. The predicted octanol–water partition coefficient (Wildman–Crippen LogP) is 5.39. The highest BCUT2D eigenvalue weighted by molar-refractivity contribution is 14.1. The SMILES string of the molecule is Cc1cc(I)ccc1N(OCC(O)COc1ccccc1)c1cccc(F)c1F. The van der Waals surface area contributed by atoms with Gasteiger partial charge in [-0.25, -0.2) is 13.8 Å². The van der Waals surface area contributed by atoms with Crippen molar-refractivity contribution in [3.8, 4) is 5.75 Å². The second-order valence-electron chi connectivity index (χ2n) is 6.37. The lowest BCUT2D eigenvalue weighted by Crippen LogP contribution is -2.29. The summed E-state index contributed by atoms with van der Waals surface area (Å²) < 4.78 is 34.8. The Morgan fingerprint density at radius 3 is 2.45 bits per heavy atom. The van der Waals surface area contributed by atoms with Crippen LogP contribution in [0.15, 0.2) is 66.7 Å². The predicted molar refractivity (Wildman–Crippen MR) is 116 cm³/mol. The molecule has 7 heteroatoms. The topological polar surface area (TPSA) is 41.9 Å². The van der Waals surface area contributed by atoms with E-state index < -0.39 is 17.7 Å². The number of halogens is 3. The van der Waals surface area contributed by atoms with Crippen molar-refractivity contribution < 1.29 is 23.5 Å². The van der Waals surface area contributed by atoms with E-state index in [1.165, 1.54) is 17.2 Å². The van der Waals surface area contributed by atoms with Gasteiger partial charge in [-0.1, -0.05) is 24.3 Å². The highest BCUT2D eigenvalue weighted by atomic mass is 127. The number of benzene rings is 3. The van der Waals surface area contributed by atoms with E-state index >= 15 is 0 Å². The lowest BCUT2D eigenvalue weighted by molar-refractivity contribution is 0.0113. The lowest BCUT2D eigenvalue weighted by atomic mass is 10.2. The van der Waals surface area contributed by atoms with Crippen LogP contribution in [0.25, 0.3) is 0 Å². The van der Waals surface area contributed by atoms with Crippen molar-refractivity contribution in [3.63, 3.8) is 0 Å². The van der Waals surface area contributed by atoms with Crippen LogP contribution in [0.1, 0.15) is 5.56 Å². The Bertz CT molecular complexity index is 956. The largest absolute Gasteiger partial charge is 0.491 e. The van der Waals surface area contributed by atoms with E-state index in [1.807, 2.05) is 37.3 Å². The Kier molecular flexibility index (Phi) is 7.40. The molecule has 0 aliphatic rings. The lowest BCUT2D eigenvalue weighted by Gasteiger charge is -2.27. The molecule has 29 heavy (non-hydrogen) atoms. The van der Waals surface area contributed by atoms with E-state index in [2.05, 4.69) is 22.6 Å². The Balaban J connectivity index is 1.77. The highest BCUT2D eigenvalue weighted by Gasteiger charge is 2.21. The standard InChI is InChI=1S/C22H20F2INO3/c1-15-12-16(25)10-11-20(15)26(21-9-5-8-19(23)22(21)24)29-14-17(27)13-28-18-6-3-2-4-7-18/h2-12,17,27H,13-14H2,1H3. The summed E-state index contributed by atoms with van der Waals surface area (Å²) >= 11 is 2.17. The summed E-state index contributed by atoms with van der Waals surface area (Å²) in [5.74, 6) is -1.39. The molecule has 152 valence electrons. The summed E-state index contributed by atoms with van der Waals surface area (Å²) in [5, 5.41) is 11.4. The van der Waals surface area contributed by atoms with Crippen LogP contribution in [-0.2, 0) is 4.84 Å². The number of aliphatic hydroxyl groups excluding tert-OH is 1. The Hall–Kier alpha value is -2.23. The molecule has 0 spiro atoms. The third-order valence-corrected chi connectivity index (χ3v) is 4.78. The average Bonchev–Trinajstić information content (AvgIpc) is 2.71. The molecule has 1 atom stereocenters. The molecule has 0 saturated heterocycles. The van der Waals surface area contributed by atoms with E-state index in [9.17, 15) is 13.9 Å². The number of rotatable bonds is 8. The molecule has 0 radical (unpaired) electrons. The minimum Gasteiger partial charge on any atom is -0.491 e. The third-order valence-electron chi connectivity index (χ3n) is 4.11. The summed E-state index contributed by atoms with van der Waals surface area (Å²) in [6, 6.07) is 18.4. The van der Waals surface area contributed by atoms with Crippen molar-refractivity contribution in [1.29, 1.82) is 0 Å². The molecular formula is C22H20F2INO3. The molecule has 3 rings (SSSR count). The summed E-state index contributed by atoms with van der Waals surface area (Å²) in [6.45, 7) is 1.67. The van der Waals surface area contributed by atoms with Gasteiger partial charge in [-0.3, -0.25) is 4.84 Å². The third kappa shape index (κ3) is 5.65. The number of aryl methyl sites for hydroxylation is 1. The van der Waals surface area contributed by atoms with Gasteiger partial charge in [0, 0.05) is 3.57 Å². The molecule has 3 aromatic rings. The number of anilines is 2. The number of ether oxygens (including phenoxy) is 1. The molecule has 0 aromatic heterocycles. The van der Waals surface area contributed by atoms with Crippen molar-refractivity contribution >= 4 is 34.0 Å². The highest BCUT2D eigenvalue weighted by Crippen LogP contribution is 2.32. The second kappa shape index (κ2) is 10.00. The molecule has 0 fully saturated rings. The van der Waals surface area contributed by atoms with Crippen LogP contribution in [0.3, 0.4) is 0 Å². The smallest absolute Gasteiger partial charge is 0.184 e. The van der Waals surface area contributed by atoms with Crippen molar-refractivity contribution in [2.45, 2.75) is 13.0 Å². The van der Waals surface area contributed by atoms with Crippen molar-refractivity contribution in [3.05, 3.63) is 87.5 Å². The summed E-state index contributed by atoms with van der Waals surface area (Å²) in [6.07, 6.45) is -0.974. The van der Waals surface area contributed by atoms with E-state index in [0.717, 1.165) is 15.2 Å². The van der Waals surface area contributed by atoms with E-state index in [4.69, 9.17) is 9.57 Å². The van der Waals surface area contributed by atoms with Gasteiger partial charge in [0.25, 0.3) is 0 Å². The maximum absolute atomic E-state index is 14.5. The summed E-state index contributed by atoms with van der Waals surface area (Å²) in [7, 11) is 0.